The molecule has 7 nitrogen and oxygen atoms in total. The second-order valence-corrected chi connectivity index (χ2v) is 7.35. The molecule has 2 aromatic carbocycles. The third kappa shape index (κ3) is 4.09. The van der Waals surface area contributed by atoms with Crippen LogP contribution in [0.1, 0.15) is 39.9 Å². The van der Waals surface area contributed by atoms with E-state index in [4.69, 9.17) is 0 Å². The third-order valence-electron chi connectivity index (χ3n) is 5.36. The van der Waals surface area contributed by atoms with Gasteiger partial charge in [-0.2, -0.15) is 0 Å². The third-order valence-corrected chi connectivity index (χ3v) is 5.36. The molecule has 2 N–H and O–H groups in total. The Morgan fingerprint density at radius 1 is 1.03 bits per heavy atom. The summed E-state index contributed by atoms with van der Waals surface area (Å²) in [6, 6.07) is 14.2. The van der Waals surface area contributed by atoms with Crippen LogP contribution in [0.5, 0.6) is 0 Å². The van der Waals surface area contributed by atoms with Gasteiger partial charge in [-0.3, -0.25) is 34.7 Å². The predicted molar refractivity (Wildman–Crippen MR) is 104 cm³/mol. The molecule has 2 heterocycles. The number of piperidine rings is 1. The molecule has 4 amide bonds. The fraction of sp³-hybridized carbons (Fsp3) is 0.273. The zero-order valence-electron chi connectivity index (χ0n) is 15.8. The van der Waals surface area contributed by atoms with Crippen LogP contribution in [0, 0.1) is 0 Å². The molecule has 29 heavy (non-hydrogen) atoms. The van der Waals surface area contributed by atoms with Crippen LogP contribution >= 0.6 is 0 Å². The summed E-state index contributed by atoms with van der Waals surface area (Å²) in [6.07, 6.45) is 0.907. The first-order valence-electron chi connectivity index (χ1n) is 9.58. The van der Waals surface area contributed by atoms with Gasteiger partial charge in [0.25, 0.3) is 5.91 Å². The van der Waals surface area contributed by atoms with E-state index in [0.29, 0.717) is 31.5 Å². The summed E-state index contributed by atoms with van der Waals surface area (Å²) < 4.78 is 0. The number of fused-ring (bicyclic) bond motifs is 1. The second kappa shape index (κ2) is 7.97. The van der Waals surface area contributed by atoms with Crippen LogP contribution in [0.3, 0.4) is 0 Å². The van der Waals surface area contributed by atoms with Crippen LogP contribution in [0.15, 0.2) is 48.5 Å². The van der Waals surface area contributed by atoms with Crippen LogP contribution < -0.4 is 10.6 Å². The van der Waals surface area contributed by atoms with Crippen molar-refractivity contribution >= 4 is 23.6 Å². The standard InChI is InChI=1S/C22H21N3O4/c26-19-10-9-18(22(29)23-19)25-12-15-7-4-8-16(17(15)13-25)21(28)24-20(27)11-14-5-2-1-3-6-14/h1-8,18H,9-13H2,(H,23,26,29)(H,24,27,28). The van der Waals surface area contributed by atoms with Crippen LogP contribution in [-0.2, 0) is 33.9 Å². The van der Waals surface area contributed by atoms with E-state index in [0.717, 1.165) is 16.7 Å². The molecule has 2 aliphatic rings. The van der Waals surface area contributed by atoms with Crippen molar-refractivity contribution in [3.05, 3.63) is 70.8 Å². The Hall–Kier alpha value is -3.32. The molecule has 0 spiro atoms. The van der Waals surface area contributed by atoms with Crippen molar-refractivity contribution in [2.45, 2.75) is 38.4 Å². The second-order valence-electron chi connectivity index (χ2n) is 7.35. The highest BCUT2D eigenvalue weighted by Crippen LogP contribution is 2.29. The van der Waals surface area contributed by atoms with Gasteiger partial charge in [-0.25, -0.2) is 0 Å². The van der Waals surface area contributed by atoms with E-state index < -0.39 is 11.9 Å². The van der Waals surface area contributed by atoms with Gasteiger partial charge < -0.3 is 0 Å². The largest absolute Gasteiger partial charge is 0.295 e. The normalized spacial score (nSPS) is 18.8. The SMILES string of the molecule is O=C(Cc1ccccc1)NC(=O)c1cccc2c1CN(C1CCC(=O)NC1=O)C2. The van der Waals surface area contributed by atoms with Gasteiger partial charge >= 0.3 is 0 Å². The minimum absolute atomic E-state index is 0.129. The first-order valence-corrected chi connectivity index (χ1v) is 9.58. The Morgan fingerprint density at radius 3 is 2.59 bits per heavy atom. The number of carbonyl (C=O) groups excluding carboxylic acids is 4. The number of hydrogen-bond acceptors (Lipinski definition) is 5. The fourth-order valence-electron chi connectivity index (χ4n) is 3.93. The lowest BCUT2D eigenvalue weighted by Gasteiger charge is -2.29. The van der Waals surface area contributed by atoms with Crippen LogP contribution in [0.2, 0.25) is 0 Å². The van der Waals surface area contributed by atoms with Gasteiger partial charge in [0.15, 0.2) is 0 Å². The highest BCUT2D eigenvalue weighted by Gasteiger charge is 2.36. The molecule has 0 saturated carbocycles. The molecule has 1 fully saturated rings. The summed E-state index contributed by atoms with van der Waals surface area (Å²) >= 11 is 0. The average Bonchev–Trinajstić information content (AvgIpc) is 3.12. The Bertz CT molecular complexity index is 987. The molecule has 7 heteroatoms. The number of imide groups is 2. The maximum Gasteiger partial charge on any atom is 0.258 e. The lowest BCUT2D eigenvalue weighted by atomic mass is 10.0. The lowest BCUT2D eigenvalue weighted by Crippen LogP contribution is -2.50. The van der Waals surface area contributed by atoms with E-state index in [2.05, 4.69) is 10.6 Å². The summed E-state index contributed by atoms with van der Waals surface area (Å²) in [5.41, 5.74) is 3.05. The summed E-state index contributed by atoms with van der Waals surface area (Å²) in [4.78, 5) is 50.5. The Balaban J connectivity index is 1.45. The van der Waals surface area contributed by atoms with Gasteiger partial charge in [0.2, 0.25) is 17.7 Å². The maximum absolute atomic E-state index is 12.7. The number of nitrogens with zero attached hydrogens (tertiary/aromatic N) is 1. The number of carbonyl (C=O) groups is 4. The highest BCUT2D eigenvalue weighted by atomic mass is 16.2. The molecule has 0 aromatic heterocycles. The zero-order valence-corrected chi connectivity index (χ0v) is 15.8. The molecule has 1 unspecified atom stereocenters. The molecule has 2 aromatic rings. The first-order chi connectivity index (χ1) is 14.0. The van der Waals surface area contributed by atoms with Crippen LogP contribution in [-0.4, -0.2) is 34.6 Å². The van der Waals surface area contributed by atoms with Crippen molar-refractivity contribution in [3.8, 4) is 0 Å². The van der Waals surface area contributed by atoms with Gasteiger partial charge in [0.05, 0.1) is 12.5 Å². The fourth-order valence-corrected chi connectivity index (χ4v) is 3.93. The van der Waals surface area contributed by atoms with E-state index in [9.17, 15) is 19.2 Å². The smallest absolute Gasteiger partial charge is 0.258 e. The average molecular weight is 391 g/mol. The van der Waals surface area contributed by atoms with E-state index >= 15 is 0 Å². The van der Waals surface area contributed by atoms with Crippen molar-refractivity contribution < 1.29 is 19.2 Å². The molecular weight excluding hydrogens is 370 g/mol. The molecule has 1 saturated heterocycles. The number of rotatable bonds is 4. The summed E-state index contributed by atoms with van der Waals surface area (Å²) in [7, 11) is 0. The Morgan fingerprint density at radius 2 is 1.83 bits per heavy atom. The minimum Gasteiger partial charge on any atom is -0.295 e. The molecule has 2 aliphatic heterocycles. The highest BCUT2D eigenvalue weighted by molar-refractivity contribution is 6.06. The Labute approximate surface area is 168 Å². The van der Waals surface area contributed by atoms with Crippen molar-refractivity contribution in [3.63, 3.8) is 0 Å². The molecule has 1 atom stereocenters. The molecule has 0 bridgehead atoms. The lowest BCUT2D eigenvalue weighted by molar-refractivity contribution is -0.137. The topological polar surface area (TPSA) is 95.6 Å². The number of benzene rings is 2. The van der Waals surface area contributed by atoms with Gasteiger partial charge in [0.1, 0.15) is 0 Å². The minimum atomic E-state index is -0.437. The van der Waals surface area contributed by atoms with Crippen molar-refractivity contribution in [1.29, 1.82) is 0 Å². The van der Waals surface area contributed by atoms with Gasteiger partial charge in [-0.05, 0) is 29.2 Å². The first kappa shape index (κ1) is 19.0. The van der Waals surface area contributed by atoms with E-state index in [-0.39, 0.29) is 24.1 Å². The zero-order chi connectivity index (χ0) is 20.4. The summed E-state index contributed by atoms with van der Waals surface area (Å²) in [5.74, 6) is -1.34. The predicted octanol–water partition coefficient (Wildman–Crippen LogP) is 1.31. The molecule has 0 aliphatic carbocycles. The van der Waals surface area contributed by atoms with Gasteiger partial charge in [-0.1, -0.05) is 42.5 Å². The number of nitrogens with one attached hydrogen (secondary N) is 2. The summed E-state index contributed by atoms with van der Waals surface area (Å²) in [5, 5.41) is 4.84. The molecular formula is C22H21N3O4. The van der Waals surface area contributed by atoms with Gasteiger partial charge in [-0.15, -0.1) is 0 Å². The number of amides is 4. The molecule has 0 radical (unpaired) electrons. The quantitative estimate of drug-likeness (QED) is 0.766. The van der Waals surface area contributed by atoms with Crippen LogP contribution in [0.25, 0.3) is 0 Å². The van der Waals surface area contributed by atoms with Gasteiger partial charge in [0, 0.05) is 25.1 Å². The van der Waals surface area contributed by atoms with Crippen molar-refractivity contribution in [1.82, 2.24) is 15.5 Å². The Kier molecular flexibility index (Phi) is 5.22. The molecule has 4 rings (SSSR count). The van der Waals surface area contributed by atoms with Crippen molar-refractivity contribution in [2.75, 3.05) is 0 Å². The monoisotopic (exact) mass is 391 g/mol. The van der Waals surface area contributed by atoms with E-state index in [1.54, 1.807) is 12.1 Å². The summed E-state index contributed by atoms with van der Waals surface area (Å²) in [6.45, 7) is 0.957. The van der Waals surface area contributed by atoms with Crippen LogP contribution in [0.4, 0.5) is 0 Å². The van der Waals surface area contributed by atoms with Crippen molar-refractivity contribution in [2.24, 2.45) is 0 Å². The van der Waals surface area contributed by atoms with E-state index in [1.165, 1.54) is 0 Å². The van der Waals surface area contributed by atoms with E-state index in [1.807, 2.05) is 41.3 Å². The maximum atomic E-state index is 12.7. The number of hydrogen-bond donors (Lipinski definition) is 2. The molecule has 148 valence electrons.